The predicted octanol–water partition coefficient (Wildman–Crippen LogP) is 3.82. The van der Waals surface area contributed by atoms with Crippen LogP contribution < -0.4 is 4.74 Å². The van der Waals surface area contributed by atoms with Gasteiger partial charge in [0.05, 0.1) is 5.56 Å². The lowest BCUT2D eigenvalue weighted by Crippen LogP contribution is -2.38. The second kappa shape index (κ2) is 10.8. The molecule has 1 fully saturated rings. The van der Waals surface area contributed by atoms with Crippen molar-refractivity contribution in [3.8, 4) is 5.75 Å². The second-order valence-electron chi connectivity index (χ2n) is 7.76. The molecule has 4 unspecified atom stereocenters. The van der Waals surface area contributed by atoms with Gasteiger partial charge in [-0.25, -0.2) is 8.78 Å². The number of carbonyl (C=O) groups is 1. The van der Waals surface area contributed by atoms with E-state index < -0.39 is 62.7 Å². The molecule has 0 radical (unpaired) electrons. The highest BCUT2D eigenvalue weighted by atomic mass is 31.2. The predicted molar refractivity (Wildman–Crippen MR) is 121 cm³/mol. The molecule has 3 N–H and O–H groups in total. The fourth-order valence-corrected chi connectivity index (χ4v) is 7.16. The van der Waals surface area contributed by atoms with Crippen LogP contribution in [0.15, 0.2) is 36.7 Å². The van der Waals surface area contributed by atoms with E-state index in [4.69, 9.17) is 18.5 Å². The van der Waals surface area contributed by atoms with Crippen molar-refractivity contribution in [1.82, 2.24) is 4.98 Å². The Morgan fingerprint density at radius 3 is 2.54 bits per heavy atom. The summed E-state index contributed by atoms with van der Waals surface area (Å²) < 4.78 is 62.4. The minimum absolute atomic E-state index is 0.170. The highest BCUT2D eigenvalue weighted by molar-refractivity contribution is 7.78. The highest BCUT2D eigenvalue weighted by Gasteiger charge is 2.63. The molecule has 4 atom stereocenters. The zero-order valence-corrected chi connectivity index (χ0v) is 20.5. The normalized spacial score (nSPS) is 28.5. The van der Waals surface area contributed by atoms with E-state index in [9.17, 15) is 33.0 Å². The monoisotopic (exact) mass is 535 g/mol. The molecule has 1 aliphatic rings. The van der Waals surface area contributed by atoms with Crippen LogP contribution in [-0.2, 0) is 29.6 Å². The Kier molecular flexibility index (Phi) is 8.49. The molecule has 2 aromatic rings. The van der Waals surface area contributed by atoms with Gasteiger partial charge >= 0.3 is 13.6 Å². The summed E-state index contributed by atoms with van der Waals surface area (Å²) in [6.45, 7) is 1.31. The van der Waals surface area contributed by atoms with Crippen LogP contribution in [0.1, 0.15) is 43.6 Å². The first-order chi connectivity index (χ1) is 16.4. The van der Waals surface area contributed by atoms with Gasteiger partial charge in [-0.2, -0.15) is 0 Å². The van der Waals surface area contributed by atoms with Crippen molar-refractivity contribution in [1.29, 1.82) is 0 Å². The number of rotatable bonds is 9. The third-order valence-electron chi connectivity index (χ3n) is 5.15. The molecule has 0 amide bonds. The molecule has 10 nitrogen and oxygen atoms in total. The van der Waals surface area contributed by atoms with Crippen LogP contribution in [0.5, 0.6) is 5.75 Å². The molecule has 0 saturated carbocycles. The van der Waals surface area contributed by atoms with Gasteiger partial charge in [0.15, 0.2) is 7.34 Å². The Bertz CT molecular complexity index is 1120. The Balaban J connectivity index is 1.79. The highest BCUT2D eigenvalue weighted by Crippen LogP contribution is 2.79. The summed E-state index contributed by atoms with van der Waals surface area (Å²) in [5.74, 6) is -3.49. The average Bonchev–Trinajstić information content (AvgIpc) is 2.76. The Morgan fingerprint density at radius 2 is 1.97 bits per heavy atom. The third kappa shape index (κ3) is 5.98. The number of ether oxygens (including phenoxy) is 2. The van der Waals surface area contributed by atoms with Crippen molar-refractivity contribution < 1.29 is 51.6 Å². The van der Waals surface area contributed by atoms with Crippen LogP contribution in [-0.4, -0.2) is 44.0 Å². The first kappa shape index (κ1) is 27.4. The molecule has 2 heterocycles. The maximum Gasteiger partial charge on any atom is 0.371 e. The molecule has 3 rings (SSSR count). The Labute approximate surface area is 200 Å². The van der Waals surface area contributed by atoms with Crippen molar-refractivity contribution in [2.75, 3.05) is 6.79 Å². The van der Waals surface area contributed by atoms with E-state index >= 15 is 0 Å². The van der Waals surface area contributed by atoms with E-state index in [-0.39, 0.29) is 17.7 Å². The third-order valence-corrected chi connectivity index (χ3v) is 10.2. The van der Waals surface area contributed by atoms with Crippen LogP contribution in [0, 0.1) is 11.6 Å². The zero-order chi connectivity index (χ0) is 25.9. The maximum absolute atomic E-state index is 14.8. The maximum atomic E-state index is 14.8. The van der Waals surface area contributed by atoms with E-state index in [1.807, 2.05) is 6.92 Å². The standard InChI is InChI=1S/C21H25F2NO9P2/c1-3-4-7-18(25)31-13-30-15-9-16(22)19(17(23)10-15)20-32-34(2,27)21(26,35(28,29)33-20)11-14-6-5-8-24-12-14/h5-6,8-10,12,20,26-27H,2-4,7,11,13H2,1H3,(H,28,29). The number of pyridine rings is 1. The zero-order valence-electron chi connectivity index (χ0n) is 18.7. The summed E-state index contributed by atoms with van der Waals surface area (Å²) in [6, 6.07) is 4.39. The number of hydrogen-bond acceptors (Lipinski definition) is 9. The molecule has 1 aliphatic heterocycles. The summed E-state index contributed by atoms with van der Waals surface area (Å²) in [5.41, 5.74) is -0.691. The summed E-state index contributed by atoms with van der Waals surface area (Å²) >= 11 is 0. The molecule has 1 saturated heterocycles. The van der Waals surface area contributed by atoms with Crippen molar-refractivity contribution in [3.05, 3.63) is 59.4 Å². The van der Waals surface area contributed by atoms with E-state index in [0.717, 1.165) is 6.42 Å². The average molecular weight is 535 g/mol. The number of halogens is 2. The quantitative estimate of drug-likeness (QED) is 0.246. The molecule has 1 aromatic heterocycles. The van der Waals surface area contributed by atoms with Crippen LogP contribution in [0.3, 0.4) is 0 Å². The number of aromatic nitrogens is 1. The van der Waals surface area contributed by atoms with Crippen molar-refractivity contribution in [3.63, 3.8) is 0 Å². The van der Waals surface area contributed by atoms with Crippen LogP contribution in [0.2, 0.25) is 0 Å². The summed E-state index contributed by atoms with van der Waals surface area (Å²) in [6.07, 6.45) is 4.81. The van der Waals surface area contributed by atoms with Gasteiger partial charge in [-0.3, -0.25) is 23.4 Å². The number of aliphatic hydroxyl groups is 1. The Morgan fingerprint density at radius 1 is 1.29 bits per heavy atom. The largest absolute Gasteiger partial charge is 0.457 e. The van der Waals surface area contributed by atoms with Crippen molar-refractivity contribution >= 4 is 27.2 Å². The van der Waals surface area contributed by atoms with E-state index in [1.165, 1.54) is 24.5 Å². The summed E-state index contributed by atoms with van der Waals surface area (Å²) in [5, 5.41) is 8.04. The van der Waals surface area contributed by atoms with Gasteiger partial charge in [-0.15, -0.1) is 0 Å². The molecule has 35 heavy (non-hydrogen) atoms. The number of nitrogens with zero attached hydrogens (tertiary/aromatic N) is 1. The summed E-state index contributed by atoms with van der Waals surface area (Å²) in [4.78, 5) is 36.6. The number of hydrogen-bond donors (Lipinski definition) is 3. The topological polar surface area (TPSA) is 145 Å². The van der Waals surface area contributed by atoms with Crippen LogP contribution in [0.25, 0.3) is 0 Å². The van der Waals surface area contributed by atoms with Crippen molar-refractivity contribution in [2.24, 2.45) is 0 Å². The minimum Gasteiger partial charge on any atom is -0.457 e. The smallest absolute Gasteiger partial charge is 0.371 e. The lowest BCUT2D eigenvalue weighted by atomic mass is 10.2. The lowest BCUT2D eigenvalue weighted by Gasteiger charge is -2.45. The SMILES string of the molecule is C=P1(O)OC(c2c(F)cc(OCOC(=O)CCCC)cc2F)OP(=O)(O)C1(O)Cc1cccnc1. The van der Waals surface area contributed by atoms with Gasteiger partial charge in [0, 0.05) is 37.4 Å². The van der Waals surface area contributed by atoms with Gasteiger partial charge in [0.1, 0.15) is 17.4 Å². The molecular formula is C21H25F2NO9P2. The fraction of sp³-hybridized carbons (Fsp3) is 0.381. The molecule has 1 aromatic carbocycles. The number of esters is 1. The van der Waals surface area contributed by atoms with Gasteiger partial charge in [0.2, 0.25) is 18.2 Å². The van der Waals surface area contributed by atoms with E-state index in [2.05, 4.69) is 11.3 Å². The van der Waals surface area contributed by atoms with Crippen LogP contribution >= 0.6 is 14.9 Å². The molecule has 0 spiro atoms. The molecule has 0 bridgehead atoms. The van der Waals surface area contributed by atoms with Gasteiger partial charge in [-0.05, 0) is 24.4 Å². The molecule has 0 aliphatic carbocycles. The molecule has 192 valence electrons. The number of benzene rings is 1. The molecule has 14 heteroatoms. The second-order valence-corrected chi connectivity index (χ2v) is 12.5. The number of unbranched alkanes of at least 4 members (excludes halogenated alkanes) is 1. The first-order valence-electron chi connectivity index (χ1n) is 10.4. The minimum atomic E-state index is -5.19. The Hall–Kier alpha value is -2.17. The summed E-state index contributed by atoms with van der Waals surface area (Å²) in [7, 11) is -9.63. The first-order valence-corrected chi connectivity index (χ1v) is 13.9. The van der Waals surface area contributed by atoms with Gasteiger partial charge < -0.3 is 24.4 Å². The lowest BCUT2D eigenvalue weighted by molar-refractivity contribution is -0.150. The van der Waals surface area contributed by atoms with Crippen molar-refractivity contribution in [2.45, 2.75) is 44.0 Å². The van der Waals surface area contributed by atoms with E-state index in [0.29, 0.717) is 18.6 Å². The number of carbonyl (C=O) groups excluding carboxylic acids is 1. The van der Waals surface area contributed by atoms with Crippen LogP contribution in [0.4, 0.5) is 8.78 Å². The van der Waals surface area contributed by atoms with Gasteiger partial charge in [0.25, 0.3) is 0 Å². The molecular weight excluding hydrogens is 510 g/mol. The van der Waals surface area contributed by atoms with E-state index in [1.54, 1.807) is 0 Å². The van der Waals surface area contributed by atoms with Gasteiger partial charge in [-0.1, -0.05) is 19.4 Å². The fourth-order valence-electron chi connectivity index (χ4n) is 3.21.